The highest BCUT2D eigenvalue weighted by atomic mass is 16.3. The first-order valence-corrected chi connectivity index (χ1v) is 19.6. The lowest BCUT2D eigenvalue weighted by molar-refractivity contribution is -0.785. The number of nitrogens with one attached hydrogen (secondary N) is 12. The molecular weight excluding hydrogens is 961 g/mol. The van der Waals surface area contributed by atoms with Crippen molar-refractivity contribution in [1.82, 2.24) is 59.8 Å². The van der Waals surface area contributed by atoms with Gasteiger partial charge in [-0.05, 0) is 35.0 Å². The van der Waals surface area contributed by atoms with Gasteiger partial charge in [-0.3, -0.25) is 39.9 Å². The summed E-state index contributed by atoms with van der Waals surface area (Å²) in [7, 11) is 17.0. The first-order chi connectivity index (χ1) is 31.9. The second-order valence-corrected chi connectivity index (χ2v) is 14.5. The summed E-state index contributed by atoms with van der Waals surface area (Å²) in [5, 5.41) is 25.6. The lowest BCUT2D eigenvalue weighted by Crippen LogP contribution is -3.00. The Balaban J connectivity index is 0. The van der Waals surface area contributed by atoms with Crippen LogP contribution in [0.2, 0.25) is 0 Å². The molecule has 0 aliphatic heterocycles. The fourth-order valence-corrected chi connectivity index (χ4v) is 5.77. The van der Waals surface area contributed by atoms with E-state index in [0.29, 0.717) is 0 Å². The van der Waals surface area contributed by atoms with Gasteiger partial charge in [0.1, 0.15) is 11.4 Å². The number of quaternary nitrogens is 2. The van der Waals surface area contributed by atoms with E-state index < -0.39 is 68.9 Å². The minimum absolute atomic E-state index is 0. The van der Waals surface area contributed by atoms with Crippen molar-refractivity contribution in [3.8, 4) is 12.0 Å². The molecular formula is C40H56N16O16. The smallest absolute Gasteiger partial charge is 0.349 e. The van der Waals surface area contributed by atoms with Crippen molar-refractivity contribution in [3.05, 3.63) is 178 Å². The molecule has 4 aromatic heterocycles. The first kappa shape index (κ1) is 64.5. The van der Waals surface area contributed by atoms with E-state index in [-0.39, 0.29) is 21.9 Å². The van der Waals surface area contributed by atoms with Crippen LogP contribution in [-0.2, 0) is 0 Å². The lowest BCUT2D eigenvalue weighted by atomic mass is 10.1. The molecule has 4 aromatic carbocycles. The zero-order valence-electron chi connectivity index (χ0n) is 39.6. The Morgan fingerprint density at radius 2 is 0.611 bits per heavy atom. The van der Waals surface area contributed by atoms with E-state index in [1.165, 1.54) is 54.1 Å². The summed E-state index contributed by atoms with van der Waals surface area (Å²) in [4.78, 5) is 132. The third-order valence-electron chi connectivity index (χ3n) is 8.46. The van der Waals surface area contributed by atoms with Crippen molar-refractivity contribution in [2.75, 3.05) is 66.2 Å². The zero-order valence-corrected chi connectivity index (χ0v) is 39.6. The Bertz CT molecular complexity index is 3030. The molecule has 0 aliphatic rings. The van der Waals surface area contributed by atoms with E-state index in [2.05, 4.69) is 149 Å². The number of nitrogens with zero attached hydrogens (tertiary/aromatic N) is 4. The second-order valence-electron chi connectivity index (χ2n) is 14.5. The third kappa shape index (κ3) is 20.3. The van der Waals surface area contributed by atoms with Gasteiger partial charge in [-0.25, -0.2) is 47.9 Å². The number of hydrogen-bond donors (Lipinski definition) is 12. The average Bonchev–Trinajstić information content (AvgIpc) is 3.21. The van der Waals surface area contributed by atoms with Crippen molar-refractivity contribution >= 4 is 44.3 Å². The van der Waals surface area contributed by atoms with Gasteiger partial charge in [0.15, 0.2) is 0 Å². The van der Waals surface area contributed by atoms with Gasteiger partial charge in [0.05, 0.1) is 62.4 Å². The largest absolute Gasteiger partial charge is 0.846 e. The van der Waals surface area contributed by atoms with Crippen molar-refractivity contribution in [2.45, 2.75) is 0 Å². The van der Waals surface area contributed by atoms with Gasteiger partial charge in [0.25, 0.3) is 0 Å². The van der Waals surface area contributed by atoms with Crippen LogP contribution in [0.5, 0.6) is 12.0 Å². The Hall–Kier alpha value is -9.60. The fraction of sp³-hybridized carbons (Fsp3) is 0.200. The Labute approximate surface area is 401 Å². The summed E-state index contributed by atoms with van der Waals surface area (Å²) in [6.07, 6.45) is 0. The number of rotatable bonds is 4. The summed E-state index contributed by atoms with van der Waals surface area (Å²) in [6, 6.07) is 24.1. The zero-order chi connectivity index (χ0) is 50.8. The first-order valence-electron chi connectivity index (χ1n) is 19.6. The summed E-state index contributed by atoms with van der Waals surface area (Å²) < 4.78 is 0. The minimum Gasteiger partial charge on any atom is -0.846 e. The van der Waals surface area contributed by atoms with E-state index in [1.807, 2.05) is 0 Å². The van der Waals surface area contributed by atoms with E-state index in [4.69, 9.17) is 0 Å². The van der Waals surface area contributed by atoms with Crippen LogP contribution in [0.1, 0.15) is 0 Å². The molecule has 0 unspecified atom stereocenters. The van der Waals surface area contributed by atoms with Gasteiger partial charge in [-0.2, -0.15) is 9.97 Å². The molecule has 0 aliphatic carbocycles. The summed E-state index contributed by atoms with van der Waals surface area (Å²) >= 11 is 0. The van der Waals surface area contributed by atoms with Gasteiger partial charge in [-0.15, -0.1) is 0 Å². The minimum atomic E-state index is -0.927. The molecule has 8 rings (SSSR count). The highest BCUT2D eigenvalue weighted by Gasteiger charge is 2.13. The lowest BCUT2D eigenvalue weighted by Gasteiger charge is -2.18. The summed E-state index contributed by atoms with van der Waals surface area (Å²) in [5.74, 6) is 0. The molecule has 0 atom stereocenters. The van der Waals surface area contributed by atoms with Crippen LogP contribution in [0.25, 0.3) is 21.5 Å². The van der Waals surface area contributed by atoms with E-state index >= 15 is 0 Å². The molecule has 32 heteroatoms. The molecule has 0 bridgehead atoms. The van der Waals surface area contributed by atoms with Crippen LogP contribution in [0.3, 0.4) is 0 Å². The normalized spacial score (nSPS) is 9.58. The molecule has 0 radical (unpaired) electrons. The number of H-pyrrole nitrogens is 10. The molecule has 392 valence electrons. The van der Waals surface area contributed by atoms with Gasteiger partial charge in [-0.1, -0.05) is 48.5 Å². The monoisotopic (exact) mass is 1020 g/mol. The SMILES string of the molecule is CN(C)c1cccc2cccc([NH+](C)C)c12.CN(C)c1cccc2cccc([NH+](C)C)c12.O.O.O.O.O=c1[nH]c(=O)[nH]c(=O)[nH]1.O=c1[nH]c(=O)[nH]c(=O)[nH]1.O=c1nc([O-])[nH]c(=O)[nH]1.O=c1nc([O-])[nH]c(=O)[nH]1. The topological polar surface area (TPSA) is 542 Å². The molecule has 0 saturated heterocycles. The van der Waals surface area contributed by atoms with E-state index in [9.17, 15) is 58.2 Å². The molecule has 20 N–H and O–H groups in total. The maximum absolute atomic E-state index is 10.2. The van der Waals surface area contributed by atoms with Crippen LogP contribution >= 0.6 is 0 Å². The van der Waals surface area contributed by atoms with E-state index in [1.54, 1.807) is 49.8 Å². The van der Waals surface area contributed by atoms with E-state index in [0.717, 1.165) is 0 Å². The highest BCUT2D eigenvalue weighted by Crippen LogP contribution is 2.31. The van der Waals surface area contributed by atoms with Crippen molar-refractivity contribution in [3.63, 3.8) is 0 Å². The molecule has 0 spiro atoms. The Kier molecular flexibility index (Phi) is 26.9. The number of anilines is 2. The molecule has 4 heterocycles. The van der Waals surface area contributed by atoms with Crippen LogP contribution in [0.15, 0.2) is 121 Å². The van der Waals surface area contributed by atoms with Gasteiger partial charge in [0, 0.05) is 28.2 Å². The number of aromatic nitrogens is 12. The van der Waals surface area contributed by atoms with Gasteiger partial charge in [0.2, 0.25) is 0 Å². The standard InChI is InChI=1S/2C14H18N2.4C3H3N3O3.4H2O/c2*1-15(2)12-9-5-7-11-8-6-10-13(14(11)12)16(3)4;4*7-1-4-2(8)6-3(9)5-1;;;;/h2*5-10H,1-4H3;4*(H3,4,5,6,7,8,9);4*1H2. The average molecular weight is 1020 g/mol. The van der Waals surface area contributed by atoms with Crippen LogP contribution < -0.4 is 86.7 Å². The van der Waals surface area contributed by atoms with Crippen LogP contribution in [-0.4, -0.2) is 138 Å². The summed E-state index contributed by atoms with van der Waals surface area (Å²) in [6.45, 7) is 0. The number of fused-ring (bicyclic) bond motifs is 2. The van der Waals surface area contributed by atoms with Crippen LogP contribution in [0.4, 0.5) is 22.7 Å². The molecule has 0 fully saturated rings. The summed E-state index contributed by atoms with van der Waals surface area (Å²) in [5.41, 5.74) is -3.06. The van der Waals surface area contributed by atoms with Crippen LogP contribution in [0, 0.1) is 0 Å². The van der Waals surface area contributed by atoms with Crippen molar-refractivity contribution < 1.29 is 41.9 Å². The fourth-order valence-electron chi connectivity index (χ4n) is 5.77. The Morgan fingerprint density at radius 3 is 0.819 bits per heavy atom. The number of benzene rings is 4. The molecule has 72 heavy (non-hydrogen) atoms. The number of hydrogen-bond acceptors (Lipinski definition) is 16. The molecule has 8 aromatic rings. The van der Waals surface area contributed by atoms with Crippen molar-refractivity contribution in [1.29, 1.82) is 0 Å². The predicted molar refractivity (Wildman–Crippen MR) is 262 cm³/mol. The molecule has 32 nitrogen and oxygen atoms in total. The molecule has 0 amide bonds. The molecule has 0 saturated carbocycles. The predicted octanol–water partition coefficient (Wildman–Crippen LogP) is -9.37. The second kappa shape index (κ2) is 30.0. The highest BCUT2D eigenvalue weighted by molar-refractivity contribution is 6.01. The Morgan fingerprint density at radius 1 is 0.375 bits per heavy atom. The maximum Gasteiger partial charge on any atom is 0.349 e. The van der Waals surface area contributed by atoms with Crippen molar-refractivity contribution in [2.24, 2.45) is 0 Å². The number of aromatic amines is 10. The van der Waals surface area contributed by atoms with Gasteiger partial charge < -0.3 is 61.7 Å². The quantitative estimate of drug-likeness (QED) is 0.0779. The van der Waals surface area contributed by atoms with Gasteiger partial charge >= 0.3 is 56.9 Å². The third-order valence-corrected chi connectivity index (χ3v) is 8.46. The maximum atomic E-state index is 10.2.